The largest absolute Gasteiger partial charge is 0.372 e. The zero-order valence-electron chi connectivity index (χ0n) is 9.81. The van der Waals surface area contributed by atoms with Gasteiger partial charge in [0.2, 0.25) is 0 Å². The molecule has 0 unspecified atom stereocenters. The summed E-state index contributed by atoms with van der Waals surface area (Å²) in [5, 5.41) is 3.27. The molecule has 2 aromatic rings. The van der Waals surface area contributed by atoms with Crippen molar-refractivity contribution in [2.75, 3.05) is 0 Å². The monoisotopic (exact) mass is 241 g/mol. The van der Waals surface area contributed by atoms with Crippen LogP contribution in [-0.2, 0) is 6.54 Å². The van der Waals surface area contributed by atoms with Crippen LogP contribution in [-0.4, -0.2) is 4.99 Å². The molecule has 0 radical (unpaired) electrons. The van der Waals surface area contributed by atoms with Crippen molar-refractivity contribution in [2.24, 2.45) is 0 Å². The number of rotatable bonds is 3. The molecule has 0 aromatic heterocycles. The summed E-state index contributed by atoms with van der Waals surface area (Å²) in [5.74, 6) is 0. The van der Waals surface area contributed by atoms with Gasteiger partial charge in [0, 0.05) is 12.1 Å². The van der Waals surface area contributed by atoms with E-state index < -0.39 is 0 Å². The fourth-order valence-corrected chi connectivity index (χ4v) is 1.90. The predicted molar refractivity (Wildman–Crippen MR) is 76.2 cm³/mol. The van der Waals surface area contributed by atoms with Crippen molar-refractivity contribution >= 4 is 17.2 Å². The van der Waals surface area contributed by atoms with Gasteiger partial charge in [-0.05, 0) is 12.5 Å². The highest BCUT2D eigenvalue weighted by Crippen LogP contribution is 2.05. The lowest BCUT2D eigenvalue weighted by Crippen LogP contribution is -2.21. The van der Waals surface area contributed by atoms with E-state index in [9.17, 15) is 0 Å². The number of nitrogens with one attached hydrogen (secondary N) is 1. The van der Waals surface area contributed by atoms with Crippen molar-refractivity contribution in [3.05, 3.63) is 71.3 Å². The van der Waals surface area contributed by atoms with Gasteiger partial charge in [-0.2, -0.15) is 0 Å². The Labute approximate surface area is 107 Å². The molecule has 0 heterocycles. The molecule has 0 saturated heterocycles. The summed E-state index contributed by atoms with van der Waals surface area (Å²) in [7, 11) is 0. The van der Waals surface area contributed by atoms with Crippen LogP contribution in [0.2, 0.25) is 0 Å². The molecule has 2 heteroatoms. The van der Waals surface area contributed by atoms with Crippen LogP contribution in [0, 0.1) is 6.92 Å². The first-order chi connectivity index (χ1) is 8.25. The Bertz CT molecular complexity index is 505. The van der Waals surface area contributed by atoms with Crippen LogP contribution in [0.4, 0.5) is 0 Å². The molecule has 2 aromatic carbocycles. The molecular weight excluding hydrogens is 226 g/mol. The number of thiocarbonyl (C=S) groups is 1. The highest BCUT2D eigenvalue weighted by Gasteiger charge is 1.99. The maximum atomic E-state index is 5.34. The van der Waals surface area contributed by atoms with Crippen molar-refractivity contribution < 1.29 is 0 Å². The summed E-state index contributed by atoms with van der Waals surface area (Å²) in [5.41, 5.74) is 3.59. The molecule has 0 spiro atoms. The molecule has 0 aliphatic rings. The summed E-state index contributed by atoms with van der Waals surface area (Å²) in [4.78, 5) is 0.798. The minimum atomic E-state index is 0.773. The first kappa shape index (κ1) is 11.8. The first-order valence-electron chi connectivity index (χ1n) is 5.64. The molecule has 86 valence electrons. The lowest BCUT2D eigenvalue weighted by molar-refractivity contribution is 0.927. The summed E-state index contributed by atoms with van der Waals surface area (Å²) in [6, 6.07) is 18.5. The van der Waals surface area contributed by atoms with Gasteiger partial charge in [0.25, 0.3) is 0 Å². The van der Waals surface area contributed by atoms with Crippen LogP contribution in [0.15, 0.2) is 54.6 Å². The van der Waals surface area contributed by atoms with Gasteiger partial charge < -0.3 is 5.32 Å². The van der Waals surface area contributed by atoms with E-state index in [2.05, 4.69) is 36.5 Å². The van der Waals surface area contributed by atoms with E-state index in [0.717, 1.165) is 17.1 Å². The Hall–Kier alpha value is -1.67. The van der Waals surface area contributed by atoms with E-state index in [1.165, 1.54) is 11.1 Å². The normalized spacial score (nSPS) is 9.94. The van der Waals surface area contributed by atoms with Crippen LogP contribution in [0.5, 0.6) is 0 Å². The van der Waals surface area contributed by atoms with Gasteiger partial charge in [0.1, 0.15) is 4.99 Å². The minimum Gasteiger partial charge on any atom is -0.372 e. The second-order valence-corrected chi connectivity index (χ2v) is 4.45. The molecule has 0 saturated carbocycles. The van der Waals surface area contributed by atoms with Crippen molar-refractivity contribution in [3.8, 4) is 0 Å². The van der Waals surface area contributed by atoms with Gasteiger partial charge in [-0.15, -0.1) is 0 Å². The minimum absolute atomic E-state index is 0.773. The van der Waals surface area contributed by atoms with Crippen molar-refractivity contribution in [1.82, 2.24) is 5.32 Å². The highest BCUT2D eigenvalue weighted by atomic mass is 32.1. The van der Waals surface area contributed by atoms with E-state index in [0.29, 0.717) is 0 Å². The Morgan fingerprint density at radius 1 is 1.06 bits per heavy atom. The molecule has 0 aliphatic carbocycles. The third-order valence-electron chi connectivity index (χ3n) is 2.57. The average Bonchev–Trinajstić information content (AvgIpc) is 2.37. The van der Waals surface area contributed by atoms with Crippen LogP contribution in [0.1, 0.15) is 16.7 Å². The third kappa shape index (κ3) is 3.40. The maximum absolute atomic E-state index is 5.34. The second kappa shape index (κ2) is 5.60. The van der Waals surface area contributed by atoms with E-state index in [4.69, 9.17) is 12.2 Å². The van der Waals surface area contributed by atoms with Crippen LogP contribution < -0.4 is 5.32 Å². The third-order valence-corrected chi connectivity index (χ3v) is 2.95. The number of hydrogen-bond acceptors (Lipinski definition) is 1. The van der Waals surface area contributed by atoms with Gasteiger partial charge in [0.05, 0.1) is 0 Å². The molecular formula is C15H15NS. The zero-order valence-corrected chi connectivity index (χ0v) is 10.6. The van der Waals surface area contributed by atoms with E-state index in [-0.39, 0.29) is 0 Å². The van der Waals surface area contributed by atoms with E-state index in [1.807, 2.05) is 30.3 Å². The maximum Gasteiger partial charge on any atom is 0.106 e. The van der Waals surface area contributed by atoms with E-state index in [1.54, 1.807) is 0 Å². The first-order valence-corrected chi connectivity index (χ1v) is 6.05. The summed E-state index contributed by atoms with van der Waals surface area (Å²) >= 11 is 5.34. The second-order valence-electron chi connectivity index (χ2n) is 4.04. The Morgan fingerprint density at radius 2 is 1.82 bits per heavy atom. The highest BCUT2D eigenvalue weighted by molar-refractivity contribution is 7.80. The molecule has 0 aliphatic heterocycles. The molecule has 0 atom stereocenters. The fraction of sp³-hybridized carbons (Fsp3) is 0.133. The predicted octanol–water partition coefficient (Wildman–Crippen LogP) is 3.46. The molecule has 0 fully saturated rings. The fourth-order valence-electron chi connectivity index (χ4n) is 1.70. The van der Waals surface area contributed by atoms with Crippen molar-refractivity contribution in [1.29, 1.82) is 0 Å². The standard InChI is InChI=1S/C15H15NS/c1-12-6-5-7-13(10-12)11-16-15(17)14-8-3-2-4-9-14/h2-10H,11H2,1H3,(H,16,17). The summed E-state index contributed by atoms with van der Waals surface area (Å²) in [6.45, 7) is 2.87. The van der Waals surface area contributed by atoms with Gasteiger partial charge in [0.15, 0.2) is 0 Å². The van der Waals surface area contributed by atoms with Crippen LogP contribution in [0.25, 0.3) is 0 Å². The molecule has 17 heavy (non-hydrogen) atoms. The molecule has 1 nitrogen and oxygen atoms in total. The average molecular weight is 241 g/mol. The molecule has 1 N–H and O–H groups in total. The van der Waals surface area contributed by atoms with Crippen LogP contribution in [0.3, 0.4) is 0 Å². The van der Waals surface area contributed by atoms with Gasteiger partial charge >= 0.3 is 0 Å². The number of benzene rings is 2. The van der Waals surface area contributed by atoms with Crippen molar-refractivity contribution in [3.63, 3.8) is 0 Å². The SMILES string of the molecule is Cc1cccc(CNC(=S)c2ccccc2)c1. The zero-order chi connectivity index (χ0) is 12.1. The Morgan fingerprint density at radius 3 is 2.53 bits per heavy atom. The molecule has 0 bridgehead atoms. The Balaban J connectivity index is 1.97. The van der Waals surface area contributed by atoms with Crippen LogP contribution >= 0.6 is 12.2 Å². The summed E-state index contributed by atoms with van der Waals surface area (Å²) in [6.07, 6.45) is 0. The number of hydrogen-bond donors (Lipinski definition) is 1. The molecule has 2 rings (SSSR count). The smallest absolute Gasteiger partial charge is 0.106 e. The lowest BCUT2D eigenvalue weighted by atomic mass is 10.1. The number of aryl methyl sites for hydroxylation is 1. The summed E-state index contributed by atoms with van der Waals surface area (Å²) < 4.78 is 0. The topological polar surface area (TPSA) is 12.0 Å². The van der Waals surface area contributed by atoms with Gasteiger partial charge in [-0.1, -0.05) is 72.4 Å². The quantitative estimate of drug-likeness (QED) is 0.826. The molecule has 0 amide bonds. The van der Waals surface area contributed by atoms with Gasteiger partial charge in [-0.25, -0.2) is 0 Å². The Kier molecular flexibility index (Phi) is 3.89. The van der Waals surface area contributed by atoms with Crippen molar-refractivity contribution in [2.45, 2.75) is 13.5 Å². The van der Waals surface area contributed by atoms with Gasteiger partial charge in [-0.3, -0.25) is 0 Å². The van der Waals surface area contributed by atoms with E-state index >= 15 is 0 Å². The lowest BCUT2D eigenvalue weighted by Gasteiger charge is -2.08.